The van der Waals surface area contributed by atoms with Gasteiger partial charge in [-0.1, -0.05) is 13.0 Å². The van der Waals surface area contributed by atoms with E-state index in [0.29, 0.717) is 17.6 Å². The molecule has 112 valence electrons. The zero-order valence-corrected chi connectivity index (χ0v) is 11.2. The molecule has 0 aliphatic heterocycles. The van der Waals surface area contributed by atoms with Gasteiger partial charge in [0.2, 0.25) is 0 Å². The van der Waals surface area contributed by atoms with E-state index < -0.39 is 17.6 Å². The molecule has 1 aromatic heterocycles. The molecule has 0 saturated carbocycles. The van der Waals surface area contributed by atoms with Crippen molar-refractivity contribution in [2.24, 2.45) is 0 Å². The second-order valence-electron chi connectivity index (χ2n) is 4.42. The van der Waals surface area contributed by atoms with Crippen molar-refractivity contribution in [2.45, 2.75) is 19.5 Å². The molecule has 21 heavy (non-hydrogen) atoms. The Bertz CT molecular complexity index is 609. The summed E-state index contributed by atoms with van der Waals surface area (Å²) in [6.45, 7) is 2.74. The van der Waals surface area contributed by atoms with Gasteiger partial charge >= 0.3 is 6.18 Å². The van der Waals surface area contributed by atoms with Crippen molar-refractivity contribution in [1.29, 1.82) is 0 Å². The van der Waals surface area contributed by atoms with Crippen LogP contribution in [0.4, 0.5) is 23.4 Å². The molecule has 0 fully saturated rings. The van der Waals surface area contributed by atoms with E-state index in [1.807, 2.05) is 6.92 Å². The summed E-state index contributed by atoms with van der Waals surface area (Å²) in [7, 11) is 0. The standard InChI is InChI=1S/C14H13F4N3/c1-2-7-19-13-6-5-12(20-21-13)9-3-4-10(11(15)8-9)14(16,17)18/h3-6,8H,2,7H2,1H3,(H,19,21). The van der Waals surface area contributed by atoms with Crippen molar-refractivity contribution in [3.05, 3.63) is 41.7 Å². The van der Waals surface area contributed by atoms with Gasteiger partial charge in [0, 0.05) is 12.1 Å². The summed E-state index contributed by atoms with van der Waals surface area (Å²) in [5.41, 5.74) is -0.736. The largest absolute Gasteiger partial charge is 0.419 e. The number of nitrogens with zero attached hydrogens (tertiary/aromatic N) is 2. The Balaban J connectivity index is 2.24. The highest BCUT2D eigenvalue weighted by molar-refractivity contribution is 5.60. The fourth-order valence-corrected chi connectivity index (χ4v) is 1.74. The Hall–Kier alpha value is -2.18. The molecule has 0 aliphatic rings. The molecule has 0 spiro atoms. The number of anilines is 1. The highest BCUT2D eigenvalue weighted by atomic mass is 19.4. The Morgan fingerprint density at radius 1 is 1.10 bits per heavy atom. The van der Waals surface area contributed by atoms with E-state index in [0.717, 1.165) is 19.0 Å². The van der Waals surface area contributed by atoms with Crippen molar-refractivity contribution in [1.82, 2.24) is 10.2 Å². The van der Waals surface area contributed by atoms with Crippen LogP contribution in [0.25, 0.3) is 11.3 Å². The first-order valence-corrected chi connectivity index (χ1v) is 6.36. The second kappa shape index (κ2) is 6.07. The monoisotopic (exact) mass is 299 g/mol. The third kappa shape index (κ3) is 3.68. The summed E-state index contributed by atoms with van der Waals surface area (Å²) >= 11 is 0. The van der Waals surface area contributed by atoms with Crippen LogP contribution in [-0.4, -0.2) is 16.7 Å². The molecule has 1 heterocycles. The van der Waals surface area contributed by atoms with Crippen molar-refractivity contribution in [2.75, 3.05) is 11.9 Å². The number of halogens is 4. The third-order valence-electron chi connectivity index (χ3n) is 2.79. The van der Waals surface area contributed by atoms with E-state index in [2.05, 4.69) is 15.5 Å². The molecular weight excluding hydrogens is 286 g/mol. The molecule has 0 saturated heterocycles. The van der Waals surface area contributed by atoms with Crippen LogP contribution in [0.5, 0.6) is 0 Å². The molecule has 1 aromatic carbocycles. The molecule has 0 atom stereocenters. The Morgan fingerprint density at radius 2 is 1.86 bits per heavy atom. The molecule has 2 aromatic rings. The maximum Gasteiger partial charge on any atom is 0.419 e. The van der Waals surface area contributed by atoms with E-state index in [-0.39, 0.29) is 5.56 Å². The van der Waals surface area contributed by atoms with Crippen LogP contribution in [0.3, 0.4) is 0 Å². The molecule has 1 N–H and O–H groups in total. The van der Waals surface area contributed by atoms with E-state index in [1.165, 1.54) is 6.07 Å². The zero-order chi connectivity index (χ0) is 15.5. The van der Waals surface area contributed by atoms with E-state index >= 15 is 0 Å². The number of aromatic nitrogens is 2. The number of hydrogen-bond acceptors (Lipinski definition) is 3. The van der Waals surface area contributed by atoms with Gasteiger partial charge in [-0.15, -0.1) is 10.2 Å². The average molecular weight is 299 g/mol. The number of rotatable bonds is 4. The highest BCUT2D eigenvalue weighted by Gasteiger charge is 2.33. The van der Waals surface area contributed by atoms with Gasteiger partial charge in [0.15, 0.2) is 0 Å². The number of nitrogens with one attached hydrogen (secondary N) is 1. The van der Waals surface area contributed by atoms with Crippen molar-refractivity contribution >= 4 is 5.82 Å². The van der Waals surface area contributed by atoms with Crippen LogP contribution in [0.2, 0.25) is 0 Å². The van der Waals surface area contributed by atoms with Crippen LogP contribution in [0, 0.1) is 5.82 Å². The first-order chi connectivity index (χ1) is 9.91. The summed E-state index contributed by atoms with van der Waals surface area (Å²) < 4.78 is 50.9. The molecule has 0 bridgehead atoms. The van der Waals surface area contributed by atoms with Gasteiger partial charge in [-0.25, -0.2) is 4.39 Å². The molecule has 0 amide bonds. The number of hydrogen-bond donors (Lipinski definition) is 1. The molecule has 3 nitrogen and oxygen atoms in total. The molecule has 2 rings (SSSR count). The normalized spacial score (nSPS) is 11.5. The van der Waals surface area contributed by atoms with Gasteiger partial charge in [0.05, 0.1) is 11.3 Å². The fourth-order valence-electron chi connectivity index (χ4n) is 1.74. The van der Waals surface area contributed by atoms with Gasteiger partial charge in [-0.05, 0) is 30.7 Å². The van der Waals surface area contributed by atoms with Crippen LogP contribution >= 0.6 is 0 Å². The lowest BCUT2D eigenvalue weighted by Crippen LogP contribution is -2.08. The van der Waals surface area contributed by atoms with Gasteiger partial charge in [-0.2, -0.15) is 13.2 Å². The summed E-state index contributed by atoms with van der Waals surface area (Å²) in [5.74, 6) is -0.761. The topological polar surface area (TPSA) is 37.8 Å². The highest BCUT2D eigenvalue weighted by Crippen LogP contribution is 2.33. The predicted octanol–water partition coefficient (Wildman–Crippen LogP) is 4.12. The SMILES string of the molecule is CCCNc1ccc(-c2ccc(C(F)(F)F)c(F)c2)nn1. The second-order valence-corrected chi connectivity index (χ2v) is 4.42. The predicted molar refractivity (Wildman–Crippen MR) is 71.2 cm³/mol. The summed E-state index contributed by atoms with van der Waals surface area (Å²) in [5, 5.41) is 10.8. The van der Waals surface area contributed by atoms with E-state index in [1.54, 1.807) is 12.1 Å². The summed E-state index contributed by atoms with van der Waals surface area (Å²) in [6, 6.07) is 5.91. The first kappa shape index (κ1) is 15.2. The quantitative estimate of drug-likeness (QED) is 0.863. The van der Waals surface area contributed by atoms with Crippen molar-refractivity contribution < 1.29 is 17.6 Å². The van der Waals surface area contributed by atoms with Gasteiger partial charge < -0.3 is 5.32 Å². The lowest BCUT2D eigenvalue weighted by molar-refractivity contribution is -0.139. The van der Waals surface area contributed by atoms with Gasteiger partial charge in [0.1, 0.15) is 11.6 Å². The van der Waals surface area contributed by atoms with Crippen LogP contribution in [-0.2, 0) is 6.18 Å². The number of alkyl halides is 3. The van der Waals surface area contributed by atoms with Crippen molar-refractivity contribution in [3.8, 4) is 11.3 Å². The van der Waals surface area contributed by atoms with E-state index in [4.69, 9.17) is 0 Å². The van der Waals surface area contributed by atoms with Gasteiger partial charge in [0.25, 0.3) is 0 Å². The maximum absolute atomic E-state index is 13.5. The minimum Gasteiger partial charge on any atom is -0.369 e. The fraction of sp³-hybridized carbons (Fsp3) is 0.286. The van der Waals surface area contributed by atoms with E-state index in [9.17, 15) is 17.6 Å². The lowest BCUT2D eigenvalue weighted by atomic mass is 10.1. The van der Waals surface area contributed by atoms with Crippen LogP contribution < -0.4 is 5.32 Å². The minimum atomic E-state index is -4.71. The third-order valence-corrected chi connectivity index (χ3v) is 2.79. The molecule has 7 heteroatoms. The minimum absolute atomic E-state index is 0.245. The lowest BCUT2D eigenvalue weighted by Gasteiger charge is -2.09. The summed E-state index contributed by atoms with van der Waals surface area (Å²) in [6.07, 6.45) is -3.78. The molecule has 0 unspecified atom stereocenters. The first-order valence-electron chi connectivity index (χ1n) is 6.36. The zero-order valence-electron chi connectivity index (χ0n) is 11.2. The molecule has 0 radical (unpaired) electrons. The maximum atomic E-state index is 13.5. The Kier molecular flexibility index (Phi) is 4.40. The van der Waals surface area contributed by atoms with Crippen LogP contribution in [0.1, 0.15) is 18.9 Å². The summed E-state index contributed by atoms with van der Waals surface area (Å²) in [4.78, 5) is 0. The van der Waals surface area contributed by atoms with Crippen LogP contribution in [0.15, 0.2) is 30.3 Å². The van der Waals surface area contributed by atoms with Gasteiger partial charge in [-0.3, -0.25) is 0 Å². The Morgan fingerprint density at radius 3 is 2.38 bits per heavy atom. The Labute approximate surface area is 119 Å². The van der Waals surface area contributed by atoms with Crippen molar-refractivity contribution in [3.63, 3.8) is 0 Å². The molecular formula is C14H13F4N3. The number of benzene rings is 1. The average Bonchev–Trinajstić information content (AvgIpc) is 2.44. The smallest absolute Gasteiger partial charge is 0.369 e. The molecule has 0 aliphatic carbocycles.